The molecule has 7 heteroatoms. The van der Waals surface area contributed by atoms with Gasteiger partial charge in [-0.15, -0.1) is 0 Å². The fraction of sp³-hybridized carbons (Fsp3) is 0.158. The number of hydrogen-bond donors (Lipinski definition) is 1. The number of hydrogen-bond acceptors (Lipinski definition) is 4. The van der Waals surface area contributed by atoms with Gasteiger partial charge in [-0.25, -0.2) is 4.68 Å². The van der Waals surface area contributed by atoms with Crippen molar-refractivity contribution in [1.29, 1.82) is 0 Å². The molecule has 0 saturated carbocycles. The van der Waals surface area contributed by atoms with Crippen LogP contribution in [0.1, 0.15) is 5.56 Å². The molecule has 6 nitrogen and oxygen atoms in total. The number of nitrogens with one attached hydrogen (secondary N) is 1. The summed E-state index contributed by atoms with van der Waals surface area (Å²) in [7, 11) is 0. The zero-order chi connectivity index (χ0) is 17.9. The average Bonchev–Trinajstić information content (AvgIpc) is 3.11. The molecule has 0 unspecified atom stereocenters. The van der Waals surface area contributed by atoms with Crippen LogP contribution in [0, 0.1) is 0 Å². The summed E-state index contributed by atoms with van der Waals surface area (Å²) in [6.07, 6.45) is 3.78. The van der Waals surface area contributed by atoms with Crippen LogP contribution >= 0.6 is 15.9 Å². The highest BCUT2D eigenvalue weighted by molar-refractivity contribution is 9.10. The first kappa shape index (κ1) is 16.7. The smallest absolute Gasteiger partial charge is 0.228 e. The largest absolute Gasteiger partial charge is 0.486 e. The molecule has 1 aromatic heterocycles. The Kier molecular flexibility index (Phi) is 4.62. The highest BCUT2D eigenvalue weighted by Gasteiger charge is 2.16. The van der Waals surface area contributed by atoms with E-state index < -0.39 is 0 Å². The van der Waals surface area contributed by atoms with Gasteiger partial charge in [0.2, 0.25) is 5.91 Å². The molecule has 1 amide bonds. The zero-order valence-electron chi connectivity index (χ0n) is 13.8. The van der Waals surface area contributed by atoms with E-state index in [1.165, 1.54) is 0 Å². The minimum Gasteiger partial charge on any atom is -0.486 e. The van der Waals surface area contributed by atoms with E-state index >= 15 is 0 Å². The number of fused-ring (bicyclic) bond motifs is 1. The highest BCUT2D eigenvalue weighted by Crippen LogP contribution is 2.38. The Morgan fingerprint density at radius 2 is 1.88 bits per heavy atom. The molecule has 1 aliphatic heterocycles. The summed E-state index contributed by atoms with van der Waals surface area (Å²) in [5, 5.41) is 7.21. The summed E-state index contributed by atoms with van der Waals surface area (Å²) in [6.45, 7) is 1.03. The van der Waals surface area contributed by atoms with Crippen LogP contribution in [0.3, 0.4) is 0 Å². The molecule has 2 heterocycles. The lowest BCUT2D eigenvalue weighted by Crippen LogP contribution is -2.17. The molecular weight excluding hydrogens is 398 g/mol. The second kappa shape index (κ2) is 7.21. The lowest BCUT2D eigenvalue weighted by Gasteiger charge is -2.20. The Morgan fingerprint density at radius 3 is 2.65 bits per heavy atom. The third kappa shape index (κ3) is 3.57. The van der Waals surface area contributed by atoms with Crippen molar-refractivity contribution in [2.24, 2.45) is 0 Å². The molecule has 0 spiro atoms. The third-order valence-electron chi connectivity index (χ3n) is 3.93. The molecule has 1 aliphatic rings. The number of halogens is 1. The number of carbonyl (C=O) groups excluding carboxylic acids is 1. The van der Waals surface area contributed by atoms with Gasteiger partial charge in [-0.3, -0.25) is 4.79 Å². The standard InChI is InChI=1S/C19H16BrN3O3/c20-15-9-17-18(26-7-6-25-17)10-16(15)22-19(24)8-13-11-21-23(12-13)14-4-2-1-3-5-14/h1-5,9-12H,6-8H2,(H,22,24). The number of benzene rings is 2. The van der Waals surface area contributed by atoms with Gasteiger partial charge < -0.3 is 14.8 Å². The second-order valence-electron chi connectivity index (χ2n) is 5.83. The molecule has 4 rings (SSSR count). The number of anilines is 1. The lowest BCUT2D eigenvalue weighted by molar-refractivity contribution is -0.115. The number of rotatable bonds is 4. The summed E-state index contributed by atoms with van der Waals surface area (Å²) in [4.78, 5) is 12.4. The predicted molar refractivity (Wildman–Crippen MR) is 101 cm³/mol. The molecule has 0 aliphatic carbocycles. The number of aromatic nitrogens is 2. The Hall–Kier alpha value is -2.80. The number of carbonyl (C=O) groups is 1. The van der Waals surface area contributed by atoms with Crippen LogP contribution in [0.4, 0.5) is 5.69 Å². The van der Waals surface area contributed by atoms with E-state index in [1.807, 2.05) is 36.5 Å². The monoisotopic (exact) mass is 413 g/mol. The fourth-order valence-corrected chi connectivity index (χ4v) is 3.13. The first-order chi connectivity index (χ1) is 12.7. The van der Waals surface area contributed by atoms with Crippen molar-refractivity contribution in [2.75, 3.05) is 18.5 Å². The van der Waals surface area contributed by atoms with Crippen LogP contribution in [-0.2, 0) is 11.2 Å². The SMILES string of the molecule is O=C(Cc1cnn(-c2ccccc2)c1)Nc1cc2c(cc1Br)OCCO2. The molecule has 0 atom stereocenters. The molecular formula is C19H16BrN3O3. The lowest BCUT2D eigenvalue weighted by atomic mass is 10.2. The van der Waals surface area contributed by atoms with Crippen molar-refractivity contribution in [3.05, 3.63) is 64.9 Å². The van der Waals surface area contributed by atoms with Crippen molar-refractivity contribution in [3.8, 4) is 17.2 Å². The van der Waals surface area contributed by atoms with Crippen LogP contribution in [0.15, 0.2) is 59.3 Å². The number of ether oxygens (including phenoxy) is 2. The Labute approximate surface area is 158 Å². The van der Waals surface area contributed by atoms with Crippen LogP contribution in [-0.4, -0.2) is 28.9 Å². The van der Waals surface area contributed by atoms with Gasteiger partial charge in [-0.1, -0.05) is 18.2 Å². The number of amides is 1. The van der Waals surface area contributed by atoms with Gasteiger partial charge in [0.05, 0.1) is 24.0 Å². The maximum Gasteiger partial charge on any atom is 0.228 e. The van der Waals surface area contributed by atoms with Gasteiger partial charge in [0, 0.05) is 22.8 Å². The quantitative estimate of drug-likeness (QED) is 0.709. The molecule has 0 radical (unpaired) electrons. The summed E-state index contributed by atoms with van der Waals surface area (Å²) >= 11 is 3.46. The van der Waals surface area contributed by atoms with Gasteiger partial charge in [0.15, 0.2) is 11.5 Å². The first-order valence-electron chi connectivity index (χ1n) is 8.17. The minimum absolute atomic E-state index is 0.130. The Morgan fingerprint density at radius 1 is 1.15 bits per heavy atom. The number of nitrogens with zero attached hydrogens (tertiary/aromatic N) is 2. The van der Waals surface area contributed by atoms with E-state index in [1.54, 1.807) is 23.0 Å². The van der Waals surface area contributed by atoms with E-state index in [0.29, 0.717) is 30.4 Å². The van der Waals surface area contributed by atoms with E-state index in [-0.39, 0.29) is 12.3 Å². The fourth-order valence-electron chi connectivity index (χ4n) is 2.71. The van der Waals surface area contributed by atoms with Crippen molar-refractivity contribution in [3.63, 3.8) is 0 Å². The van der Waals surface area contributed by atoms with Crippen molar-refractivity contribution >= 4 is 27.5 Å². The maximum atomic E-state index is 12.4. The molecule has 0 fully saturated rings. The highest BCUT2D eigenvalue weighted by atomic mass is 79.9. The van der Waals surface area contributed by atoms with Gasteiger partial charge in [0.1, 0.15) is 13.2 Å². The van der Waals surface area contributed by atoms with Gasteiger partial charge in [-0.05, 0) is 33.6 Å². The zero-order valence-corrected chi connectivity index (χ0v) is 15.4. The molecule has 0 bridgehead atoms. The minimum atomic E-state index is -0.130. The van der Waals surface area contributed by atoms with Gasteiger partial charge in [-0.2, -0.15) is 5.10 Å². The van der Waals surface area contributed by atoms with E-state index in [9.17, 15) is 4.79 Å². The first-order valence-corrected chi connectivity index (χ1v) is 8.96. The van der Waals surface area contributed by atoms with Crippen molar-refractivity contribution in [2.45, 2.75) is 6.42 Å². The summed E-state index contributed by atoms with van der Waals surface area (Å²) in [6, 6.07) is 13.3. The van der Waals surface area contributed by atoms with Gasteiger partial charge in [0.25, 0.3) is 0 Å². The molecule has 26 heavy (non-hydrogen) atoms. The Bertz CT molecular complexity index is 940. The molecule has 0 saturated heterocycles. The van der Waals surface area contributed by atoms with E-state index in [0.717, 1.165) is 15.7 Å². The molecule has 2 aromatic carbocycles. The summed E-state index contributed by atoms with van der Waals surface area (Å²) in [5.74, 6) is 1.17. The maximum absolute atomic E-state index is 12.4. The van der Waals surface area contributed by atoms with Crippen LogP contribution in [0.25, 0.3) is 5.69 Å². The summed E-state index contributed by atoms with van der Waals surface area (Å²) in [5.41, 5.74) is 2.43. The van der Waals surface area contributed by atoms with Crippen LogP contribution < -0.4 is 14.8 Å². The Balaban J connectivity index is 1.45. The van der Waals surface area contributed by atoms with E-state index in [2.05, 4.69) is 26.3 Å². The summed E-state index contributed by atoms with van der Waals surface area (Å²) < 4.78 is 13.6. The van der Waals surface area contributed by atoms with Crippen molar-refractivity contribution in [1.82, 2.24) is 9.78 Å². The third-order valence-corrected chi connectivity index (χ3v) is 4.58. The molecule has 3 aromatic rings. The average molecular weight is 414 g/mol. The predicted octanol–water partition coefficient (Wildman–Crippen LogP) is 3.59. The van der Waals surface area contributed by atoms with Crippen molar-refractivity contribution < 1.29 is 14.3 Å². The topological polar surface area (TPSA) is 65.4 Å². The molecule has 132 valence electrons. The second-order valence-corrected chi connectivity index (χ2v) is 6.68. The van der Waals surface area contributed by atoms with E-state index in [4.69, 9.17) is 9.47 Å². The van der Waals surface area contributed by atoms with Crippen LogP contribution in [0.5, 0.6) is 11.5 Å². The number of para-hydroxylation sites is 1. The van der Waals surface area contributed by atoms with Gasteiger partial charge >= 0.3 is 0 Å². The normalized spacial score (nSPS) is 12.7. The molecule has 1 N–H and O–H groups in total. The van der Waals surface area contributed by atoms with Crippen LogP contribution in [0.2, 0.25) is 0 Å².